The van der Waals surface area contributed by atoms with Gasteiger partial charge in [-0.25, -0.2) is 0 Å². The Kier molecular flexibility index (Phi) is 1390. The molecular weight excluding hydrogens is 548 g/mol. The van der Waals surface area contributed by atoms with E-state index in [1.54, 1.807) is 0 Å². The molecule has 9 heteroatoms. The first-order valence-corrected chi connectivity index (χ1v) is 0. The van der Waals surface area contributed by atoms with Crippen molar-refractivity contribution in [1.82, 2.24) is 0 Å². The Balaban J connectivity index is 0. The van der Waals surface area contributed by atoms with E-state index in [0.29, 0.717) is 0 Å². The van der Waals surface area contributed by atoms with E-state index in [1.807, 2.05) is 0 Å². The Morgan fingerprint density at radius 1 is 0.333 bits per heavy atom. The molecule has 2 radical (unpaired) electrons. The minimum Gasteiger partial charge on any atom is -1.00 e. The molecule has 0 saturated heterocycles. The maximum Gasteiger partial charge on any atom is 5.00 e. The van der Waals surface area contributed by atoms with E-state index in [2.05, 4.69) is 0 Å². The molecule has 0 spiro atoms. The summed E-state index contributed by atoms with van der Waals surface area (Å²) in [6, 6.07) is 0. The molecule has 0 aromatic heterocycles. The van der Waals surface area contributed by atoms with Gasteiger partial charge >= 0.3 is 49.7 Å². The predicted octanol–water partition coefficient (Wildman–Crippen LogP) is -21.4. The van der Waals surface area contributed by atoms with Crippen molar-refractivity contribution >= 4 is 27.3 Å². The van der Waals surface area contributed by atoms with Crippen LogP contribution in [0.5, 0.6) is 0 Å². The van der Waals surface area contributed by atoms with Crippen molar-refractivity contribution in [3.8, 4) is 0 Å². The van der Waals surface area contributed by atoms with Gasteiger partial charge in [-0.2, -0.15) is 0 Å². The Bertz CT molecular complexity index is 8.88. The molecule has 0 aliphatic heterocycles. The van der Waals surface area contributed by atoms with Crippen molar-refractivity contribution < 1.29 is 109 Å². The van der Waals surface area contributed by atoms with Crippen molar-refractivity contribution in [2.75, 3.05) is 0 Å². The predicted molar refractivity (Wildman–Crippen MR) is 5.75 cm³/mol. The van der Waals surface area contributed by atoms with Crippen LogP contribution in [0.25, 0.3) is 0 Å². The first-order chi connectivity index (χ1) is 0. The second kappa shape index (κ2) is 98.0. The molecule has 0 nitrogen and oxygen atoms in total. The van der Waals surface area contributed by atoms with Gasteiger partial charge in [0.1, 0.15) is 0 Å². The third kappa shape index (κ3) is 80.6. The summed E-state index contributed by atoms with van der Waals surface area (Å²) in [5.41, 5.74) is 0. The van der Waals surface area contributed by atoms with E-state index < -0.39 is 0 Å². The van der Waals surface area contributed by atoms with Gasteiger partial charge in [-0.05, 0) is 0 Å². The van der Waals surface area contributed by atoms with Crippen molar-refractivity contribution in [2.24, 2.45) is 0 Å². The molecule has 0 heterocycles. The zero-order valence-corrected chi connectivity index (χ0v) is 15.0. The maximum atomic E-state index is 0. The summed E-state index contributed by atoms with van der Waals surface area (Å²) < 4.78 is 0. The van der Waals surface area contributed by atoms with Gasteiger partial charge in [0.05, 0.1) is 0 Å². The van der Waals surface area contributed by atoms with E-state index in [1.165, 1.54) is 0 Å². The van der Waals surface area contributed by atoms with Crippen molar-refractivity contribution in [3.05, 3.63) is 0 Å². The fraction of sp³-hybridized carbons (Fsp3) is 0. The molecule has 0 N–H and O–H groups in total. The van der Waals surface area contributed by atoms with Crippen LogP contribution in [0, 0.1) is 0 Å². The van der Waals surface area contributed by atoms with Crippen molar-refractivity contribution in [3.63, 3.8) is 0 Å². The van der Waals surface area contributed by atoms with Gasteiger partial charge in [0.15, 0.2) is 0 Å². The third-order valence-electron chi connectivity index (χ3n) is 0. The van der Waals surface area contributed by atoms with Crippen LogP contribution in [-0.2, 0) is 22.4 Å². The van der Waals surface area contributed by atoms with Gasteiger partial charge in [-0.1, -0.05) is 0 Å². The topological polar surface area (TPSA) is 0 Å². The molecule has 0 atom stereocenters. The second-order valence-electron chi connectivity index (χ2n) is 0. The van der Waals surface area contributed by atoms with E-state index in [9.17, 15) is 0 Å². The molecule has 0 fully saturated rings. The number of hydrogen-bond acceptors (Lipinski definition) is 0. The van der Waals surface area contributed by atoms with E-state index in [-0.39, 0.29) is 137 Å². The quantitative estimate of drug-likeness (QED) is 0.264. The van der Waals surface area contributed by atoms with Crippen molar-refractivity contribution in [2.45, 2.75) is 0 Å². The number of rotatable bonds is 0. The number of hydrogen-bond donors (Lipinski definition) is 0. The molecule has 0 bridgehead atoms. The van der Waals surface area contributed by atoms with Crippen LogP contribution in [0.4, 0.5) is 0 Å². The normalized spacial score (nSPS) is 0. The van der Waals surface area contributed by atoms with Gasteiger partial charge in [-0.3, -0.25) is 0 Å². The summed E-state index contributed by atoms with van der Waals surface area (Å²) in [5.74, 6) is 0. The summed E-state index contributed by atoms with van der Waals surface area (Å²) in [5, 5.41) is 0. The standard InChI is InChI=1S/7ClH.Nb.Pb/h7*1H;;/q;;;;;;;+5;+2/p-7. The Morgan fingerprint density at radius 2 is 0.333 bits per heavy atom. The molecule has 0 amide bonds. The van der Waals surface area contributed by atoms with Crippen LogP contribution in [-0.4, -0.2) is 27.3 Å². The van der Waals surface area contributed by atoms with Gasteiger partial charge in [-0.15, -0.1) is 0 Å². The monoisotopic (exact) mass is 546 g/mol. The third-order valence-corrected chi connectivity index (χ3v) is 0. The van der Waals surface area contributed by atoms with Crippen LogP contribution < -0.4 is 86.8 Å². The Labute approximate surface area is 134 Å². The number of halogens is 7. The fourth-order valence-corrected chi connectivity index (χ4v) is 0. The van der Waals surface area contributed by atoms with Gasteiger partial charge in [0, 0.05) is 0 Å². The average molecular weight is 548 g/mol. The van der Waals surface area contributed by atoms with E-state index in [0.717, 1.165) is 0 Å². The van der Waals surface area contributed by atoms with E-state index >= 15 is 0 Å². The summed E-state index contributed by atoms with van der Waals surface area (Å²) in [4.78, 5) is 0. The molecule has 0 aromatic rings. The van der Waals surface area contributed by atoms with E-state index in [4.69, 9.17) is 0 Å². The minimum atomic E-state index is 0. The average Bonchev–Trinajstić information content (AvgIpc) is 0. The largest absolute Gasteiger partial charge is 5.00 e. The first-order valence-electron chi connectivity index (χ1n) is 0. The van der Waals surface area contributed by atoms with Gasteiger partial charge < -0.3 is 86.8 Å². The zero-order valence-electron chi connectivity index (χ0n) is 3.59. The summed E-state index contributed by atoms with van der Waals surface area (Å²) in [6.45, 7) is 0. The molecule has 0 aliphatic rings. The SMILES string of the molecule is [Cl-].[Cl-].[Cl-].[Cl-].[Cl-].[Cl-].[Cl-].[Nb+5].[Pb+2]. The van der Waals surface area contributed by atoms with Crippen LogP contribution in [0.3, 0.4) is 0 Å². The second-order valence-corrected chi connectivity index (χ2v) is 0. The summed E-state index contributed by atoms with van der Waals surface area (Å²) in [7, 11) is 0. The Morgan fingerprint density at radius 3 is 0.333 bits per heavy atom. The molecule has 0 aliphatic carbocycles. The Hall–Kier alpha value is 3.69. The van der Waals surface area contributed by atoms with Gasteiger partial charge in [0.2, 0.25) is 0 Å². The van der Waals surface area contributed by atoms with Crippen LogP contribution in [0.1, 0.15) is 0 Å². The summed E-state index contributed by atoms with van der Waals surface area (Å²) >= 11 is 0. The molecule has 0 rings (SSSR count). The maximum absolute atomic E-state index is 0. The zero-order chi connectivity index (χ0) is 0. The van der Waals surface area contributed by atoms with Crippen molar-refractivity contribution in [1.29, 1.82) is 0 Å². The molecule has 58 valence electrons. The first kappa shape index (κ1) is 127. The summed E-state index contributed by atoms with van der Waals surface area (Å²) in [6.07, 6.45) is 0. The van der Waals surface area contributed by atoms with Crippen LogP contribution >= 0.6 is 0 Å². The smallest absolute Gasteiger partial charge is 1.00 e. The molecular formula is Cl7NbPb. The molecule has 0 saturated carbocycles. The fourth-order valence-electron chi connectivity index (χ4n) is 0. The molecule has 0 unspecified atom stereocenters. The molecule has 9 heavy (non-hydrogen) atoms. The minimum absolute atomic E-state index is 0. The van der Waals surface area contributed by atoms with Crippen LogP contribution in [0.15, 0.2) is 0 Å². The van der Waals surface area contributed by atoms with Crippen LogP contribution in [0.2, 0.25) is 0 Å². The molecule has 0 aromatic carbocycles. The van der Waals surface area contributed by atoms with Gasteiger partial charge in [0.25, 0.3) is 0 Å².